The van der Waals surface area contributed by atoms with Gasteiger partial charge in [-0.25, -0.2) is 4.98 Å². The van der Waals surface area contributed by atoms with E-state index in [1.54, 1.807) is 18.0 Å². The van der Waals surface area contributed by atoms with E-state index < -0.39 is 0 Å². The maximum absolute atomic E-state index is 5.85. The second-order valence-corrected chi connectivity index (χ2v) is 5.53. The first-order chi connectivity index (χ1) is 8.13. The van der Waals surface area contributed by atoms with Gasteiger partial charge in [-0.3, -0.25) is 0 Å². The van der Waals surface area contributed by atoms with Gasteiger partial charge in [0.15, 0.2) is 0 Å². The third kappa shape index (κ3) is 3.76. The van der Waals surface area contributed by atoms with Crippen molar-refractivity contribution in [3.8, 4) is 0 Å². The molecule has 0 unspecified atom stereocenters. The van der Waals surface area contributed by atoms with E-state index in [1.807, 2.05) is 12.1 Å². The van der Waals surface area contributed by atoms with E-state index >= 15 is 0 Å². The van der Waals surface area contributed by atoms with E-state index in [0.717, 1.165) is 10.6 Å². The summed E-state index contributed by atoms with van der Waals surface area (Å²) >= 11 is 7.63. The van der Waals surface area contributed by atoms with Gasteiger partial charge < -0.3 is 0 Å². The van der Waals surface area contributed by atoms with Crippen LogP contribution in [-0.2, 0) is 5.75 Å². The van der Waals surface area contributed by atoms with Crippen molar-refractivity contribution in [2.24, 2.45) is 0 Å². The van der Waals surface area contributed by atoms with E-state index in [-0.39, 0.29) is 0 Å². The van der Waals surface area contributed by atoms with Gasteiger partial charge >= 0.3 is 0 Å². The minimum atomic E-state index is 0.551. The van der Waals surface area contributed by atoms with Crippen LogP contribution in [0.2, 0.25) is 5.15 Å². The molecule has 0 aliphatic heterocycles. The van der Waals surface area contributed by atoms with E-state index in [1.165, 1.54) is 16.7 Å². The molecule has 0 atom stereocenters. The summed E-state index contributed by atoms with van der Waals surface area (Å²) in [6.07, 6.45) is 1.74. The molecule has 88 valence electrons. The molecule has 0 spiro atoms. The highest BCUT2D eigenvalue weighted by molar-refractivity contribution is 7.98. The quantitative estimate of drug-likeness (QED) is 0.591. The summed E-state index contributed by atoms with van der Waals surface area (Å²) in [4.78, 5) is 5.13. The molecule has 2 rings (SSSR count). The fourth-order valence-electron chi connectivity index (χ4n) is 1.79. The number of nitrogens with zero attached hydrogens (tertiary/aromatic N) is 1. The second kappa shape index (κ2) is 5.56. The van der Waals surface area contributed by atoms with Gasteiger partial charge in [0.1, 0.15) is 5.15 Å². The predicted molar refractivity (Wildman–Crippen MR) is 74.7 cm³/mol. The topological polar surface area (TPSA) is 12.9 Å². The summed E-state index contributed by atoms with van der Waals surface area (Å²) in [5, 5.41) is 0.551. The molecule has 2 aromatic rings. The Hall–Kier alpha value is -0.990. The summed E-state index contributed by atoms with van der Waals surface area (Å²) in [5.41, 5.74) is 3.97. The molecule has 17 heavy (non-hydrogen) atoms. The zero-order valence-corrected chi connectivity index (χ0v) is 11.5. The fraction of sp³-hybridized carbons (Fsp3) is 0.214. The van der Waals surface area contributed by atoms with Crippen molar-refractivity contribution in [3.05, 3.63) is 58.4 Å². The molecule has 0 saturated heterocycles. The standard InChI is InChI=1S/C14H14ClNS/c1-10-5-11(2)7-12(6-10)9-17-13-3-4-16-14(15)8-13/h3-8H,9H2,1-2H3. The van der Waals surface area contributed by atoms with Crippen LogP contribution in [-0.4, -0.2) is 4.98 Å². The van der Waals surface area contributed by atoms with Crippen molar-refractivity contribution in [1.29, 1.82) is 0 Å². The zero-order chi connectivity index (χ0) is 12.3. The third-order valence-electron chi connectivity index (χ3n) is 2.39. The minimum Gasteiger partial charge on any atom is -0.244 e. The maximum Gasteiger partial charge on any atom is 0.130 e. The molecule has 0 saturated carbocycles. The molecule has 0 amide bonds. The first-order valence-corrected chi connectivity index (χ1v) is 6.81. The van der Waals surface area contributed by atoms with Gasteiger partial charge in [-0.15, -0.1) is 11.8 Å². The smallest absolute Gasteiger partial charge is 0.130 e. The number of halogens is 1. The van der Waals surface area contributed by atoms with Gasteiger partial charge in [-0.1, -0.05) is 40.9 Å². The number of hydrogen-bond donors (Lipinski definition) is 0. The third-order valence-corrected chi connectivity index (χ3v) is 3.66. The Balaban J connectivity index is 2.07. The van der Waals surface area contributed by atoms with Crippen molar-refractivity contribution < 1.29 is 0 Å². The van der Waals surface area contributed by atoms with Crippen LogP contribution < -0.4 is 0 Å². The molecule has 0 aliphatic rings. The Morgan fingerprint density at radius 1 is 1.12 bits per heavy atom. The van der Waals surface area contributed by atoms with Gasteiger partial charge in [0.2, 0.25) is 0 Å². The molecule has 0 fully saturated rings. The highest BCUT2D eigenvalue weighted by Crippen LogP contribution is 2.24. The monoisotopic (exact) mass is 263 g/mol. The van der Waals surface area contributed by atoms with Gasteiger partial charge in [0.05, 0.1) is 0 Å². The number of thioether (sulfide) groups is 1. The highest BCUT2D eigenvalue weighted by Gasteiger charge is 1.99. The normalized spacial score (nSPS) is 10.5. The van der Waals surface area contributed by atoms with Gasteiger partial charge in [0, 0.05) is 16.8 Å². The molecule has 3 heteroatoms. The molecular weight excluding hydrogens is 250 g/mol. The van der Waals surface area contributed by atoms with Crippen LogP contribution in [0.15, 0.2) is 41.4 Å². The van der Waals surface area contributed by atoms with E-state index in [2.05, 4.69) is 37.0 Å². The zero-order valence-electron chi connectivity index (χ0n) is 9.90. The number of hydrogen-bond acceptors (Lipinski definition) is 2. The lowest BCUT2D eigenvalue weighted by Gasteiger charge is -2.05. The first kappa shape index (κ1) is 12.5. The summed E-state index contributed by atoms with van der Waals surface area (Å²) < 4.78 is 0. The van der Waals surface area contributed by atoms with Gasteiger partial charge in [0.25, 0.3) is 0 Å². The van der Waals surface area contributed by atoms with Crippen molar-refractivity contribution in [1.82, 2.24) is 4.98 Å². The van der Waals surface area contributed by atoms with Crippen molar-refractivity contribution >= 4 is 23.4 Å². The number of pyridine rings is 1. The molecule has 0 bridgehead atoms. The van der Waals surface area contributed by atoms with E-state index in [4.69, 9.17) is 11.6 Å². The van der Waals surface area contributed by atoms with E-state index in [9.17, 15) is 0 Å². The Bertz CT molecular complexity index is 505. The number of aryl methyl sites for hydroxylation is 2. The molecule has 0 aliphatic carbocycles. The Morgan fingerprint density at radius 3 is 2.47 bits per heavy atom. The lowest BCUT2D eigenvalue weighted by atomic mass is 10.1. The summed E-state index contributed by atoms with van der Waals surface area (Å²) in [5.74, 6) is 0.961. The molecular formula is C14H14ClNS. The number of rotatable bonds is 3. The van der Waals surface area contributed by atoms with E-state index in [0.29, 0.717) is 5.15 Å². The molecule has 1 aromatic heterocycles. The molecule has 1 nitrogen and oxygen atoms in total. The Morgan fingerprint density at radius 2 is 1.82 bits per heavy atom. The van der Waals surface area contributed by atoms with Crippen LogP contribution in [0.1, 0.15) is 16.7 Å². The van der Waals surface area contributed by atoms with Crippen LogP contribution in [0.25, 0.3) is 0 Å². The summed E-state index contributed by atoms with van der Waals surface area (Å²) in [7, 11) is 0. The lowest BCUT2D eigenvalue weighted by molar-refractivity contribution is 1.25. The summed E-state index contributed by atoms with van der Waals surface area (Å²) in [6, 6.07) is 10.5. The maximum atomic E-state index is 5.85. The average molecular weight is 264 g/mol. The molecule has 1 heterocycles. The lowest BCUT2D eigenvalue weighted by Crippen LogP contribution is -1.85. The van der Waals surface area contributed by atoms with Crippen molar-refractivity contribution in [3.63, 3.8) is 0 Å². The van der Waals surface area contributed by atoms with Gasteiger partial charge in [-0.05, 0) is 31.5 Å². The second-order valence-electron chi connectivity index (χ2n) is 4.10. The molecule has 0 radical (unpaired) electrons. The number of benzene rings is 1. The van der Waals surface area contributed by atoms with Crippen molar-refractivity contribution in [2.75, 3.05) is 0 Å². The fourth-order valence-corrected chi connectivity index (χ4v) is 2.88. The first-order valence-electron chi connectivity index (χ1n) is 5.45. The highest BCUT2D eigenvalue weighted by atomic mass is 35.5. The van der Waals surface area contributed by atoms with Crippen LogP contribution in [0.5, 0.6) is 0 Å². The molecule has 1 aromatic carbocycles. The minimum absolute atomic E-state index is 0.551. The van der Waals surface area contributed by atoms with Crippen LogP contribution in [0.3, 0.4) is 0 Å². The van der Waals surface area contributed by atoms with Crippen LogP contribution in [0.4, 0.5) is 0 Å². The Kier molecular flexibility index (Phi) is 4.08. The largest absolute Gasteiger partial charge is 0.244 e. The Labute approximate surface area is 111 Å². The van der Waals surface area contributed by atoms with Crippen LogP contribution >= 0.6 is 23.4 Å². The predicted octanol–water partition coefficient (Wildman–Crippen LogP) is 4.64. The SMILES string of the molecule is Cc1cc(C)cc(CSc2ccnc(Cl)c2)c1. The van der Waals surface area contributed by atoms with Crippen molar-refractivity contribution in [2.45, 2.75) is 24.5 Å². The number of aromatic nitrogens is 1. The van der Waals surface area contributed by atoms with Gasteiger partial charge in [-0.2, -0.15) is 0 Å². The van der Waals surface area contributed by atoms with Crippen LogP contribution in [0, 0.1) is 13.8 Å². The summed E-state index contributed by atoms with van der Waals surface area (Å²) in [6.45, 7) is 4.26. The molecule has 0 N–H and O–H groups in total. The average Bonchev–Trinajstić information content (AvgIpc) is 2.25.